The van der Waals surface area contributed by atoms with Crippen LogP contribution < -0.4 is 27.1 Å². The predicted octanol–water partition coefficient (Wildman–Crippen LogP) is 0.441. The van der Waals surface area contributed by atoms with Crippen LogP contribution in [0.5, 0.6) is 0 Å². The number of nitrogens with zero attached hydrogens (tertiary/aromatic N) is 3. The van der Waals surface area contributed by atoms with Gasteiger partial charge in [-0.05, 0) is 38.0 Å². The molecule has 0 bridgehead atoms. The van der Waals surface area contributed by atoms with E-state index in [4.69, 9.17) is 17.2 Å². The third-order valence-electron chi connectivity index (χ3n) is 7.00. The van der Waals surface area contributed by atoms with E-state index in [0.717, 1.165) is 19.3 Å². The van der Waals surface area contributed by atoms with E-state index in [1.165, 1.54) is 23.8 Å². The summed E-state index contributed by atoms with van der Waals surface area (Å²) in [4.78, 5) is 45.1. The molecule has 35 heavy (non-hydrogen) atoms. The number of carbonyl (C=O) groups is 3. The summed E-state index contributed by atoms with van der Waals surface area (Å²) in [7, 11) is 0. The van der Waals surface area contributed by atoms with Gasteiger partial charge >= 0.3 is 5.91 Å². The second-order valence-corrected chi connectivity index (χ2v) is 9.67. The monoisotopic (exact) mass is 486 g/mol. The van der Waals surface area contributed by atoms with Gasteiger partial charge in [0.05, 0.1) is 6.04 Å². The van der Waals surface area contributed by atoms with Crippen molar-refractivity contribution in [2.75, 3.05) is 13.1 Å². The molecule has 10 heteroatoms. The Hall–Kier alpha value is -3.01. The quantitative estimate of drug-likeness (QED) is 0.162. The molecule has 1 aliphatic heterocycles. The highest BCUT2D eigenvalue weighted by Gasteiger charge is 2.39. The number of pyridine rings is 1. The third kappa shape index (κ3) is 7.74. The van der Waals surface area contributed by atoms with Gasteiger partial charge in [0.15, 0.2) is 24.4 Å². The fourth-order valence-electron chi connectivity index (χ4n) is 5.15. The standard InChI is InChI=1S/C25H39N7O3/c26-19(17-18-9-3-1-4-10-18)23(34)32-16-8-12-21(32)22(33)30-20(11-7-13-29-25(27)28)24(35)31-14-5-2-6-15-31/h2,5-6,14-15,18-21H,1,3-4,7-13,16-17,26H2,(H4-,27,28,29,30,33)/p+1/t19-,20+,21+/m1/s1. The van der Waals surface area contributed by atoms with E-state index in [2.05, 4.69) is 10.3 Å². The molecule has 7 N–H and O–H groups in total. The molecule has 0 radical (unpaired) electrons. The molecule has 192 valence electrons. The topological polar surface area (TPSA) is 161 Å². The summed E-state index contributed by atoms with van der Waals surface area (Å²) in [5, 5.41) is 2.90. The number of hydrogen-bond acceptors (Lipinski definition) is 5. The minimum Gasteiger partial charge on any atom is -0.370 e. The van der Waals surface area contributed by atoms with Gasteiger partial charge in [0, 0.05) is 25.2 Å². The number of aliphatic imine (C=N–C) groups is 1. The smallest absolute Gasteiger partial charge is 0.370 e. The highest BCUT2D eigenvalue weighted by molar-refractivity contribution is 5.92. The van der Waals surface area contributed by atoms with Crippen LogP contribution in [0, 0.1) is 5.92 Å². The number of guanidine groups is 1. The zero-order valence-corrected chi connectivity index (χ0v) is 20.5. The van der Waals surface area contributed by atoms with Crippen LogP contribution in [0.3, 0.4) is 0 Å². The molecule has 1 aliphatic carbocycles. The number of nitrogens with one attached hydrogen (secondary N) is 1. The maximum atomic E-state index is 13.3. The van der Waals surface area contributed by atoms with Crippen LogP contribution in [0.15, 0.2) is 35.6 Å². The average molecular weight is 487 g/mol. The summed E-state index contributed by atoms with van der Waals surface area (Å²) >= 11 is 0. The number of carbonyl (C=O) groups excluding carboxylic acids is 3. The summed E-state index contributed by atoms with van der Waals surface area (Å²) in [5.41, 5.74) is 17.1. The van der Waals surface area contributed by atoms with Gasteiger partial charge in [-0.15, -0.1) is 4.57 Å². The van der Waals surface area contributed by atoms with Crippen molar-refractivity contribution in [2.45, 2.75) is 82.3 Å². The fourth-order valence-corrected chi connectivity index (χ4v) is 5.15. The van der Waals surface area contributed by atoms with Crippen LogP contribution in [-0.2, 0) is 9.59 Å². The Kier molecular flexibility index (Phi) is 10.0. The lowest BCUT2D eigenvalue weighted by Gasteiger charge is -2.30. The van der Waals surface area contributed by atoms with Gasteiger partial charge in [-0.25, -0.2) is 4.79 Å². The maximum Gasteiger partial charge on any atom is 0.414 e. The van der Waals surface area contributed by atoms with Crippen LogP contribution >= 0.6 is 0 Å². The normalized spacial score (nSPS) is 20.1. The van der Waals surface area contributed by atoms with Gasteiger partial charge in [0.25, 0.3) is 0 Å². The number of rotatable bonds is 10. The summed E-state index contributed by atoms with van der Waals surface area (Å²) < 4.78 is 1.45. The van der Waals surface area contributed by atoms with Crippen molar-refractivity contribution in [3.63, 3.8) is 0 Å². The van der Waals surface area contributed by atoms with E-state index < -0.39 is 18.1 Å². The van der Waals surface area contributed by atoms with Crippen molar-refractivity contribution >= 4 is 23.7 Å². The first kappa shape index (κ1) is 26.6. The Balaban J connectivity index is 1.64. The largest absolute Gasteiger partial charge is 0.414 e. The van der Waals surface area contributed by atoms with Gasteiger partial charge in [0.1, 0.15) is 6.04 Å². The van der Waals surface area contributed by atoms with Gasteiger partial charge in [-0.1, -0.05) is 38.2 Å². The Bertz CT molecular complexity index is 882. The Morgan fingerprint density at radius 3 is 2.43 bits per heavy atom. The lowest BCUT2D eigenvalue weighted by Crippen LogP contribution is -2.58. The second-order valence-electron chi connectivity index (χ2n) is 9.67. The predicted molar refractivity (Wildman–Crippen MR) is 133 cm³/mol. The molecular weight excluding hydrogens is 446 g/mol. The zero-order chi connectivity index (χ0) is 25.2. The Morgan fingerprint density at radius 2 is 1.74 bits per heavy atom. The average Bonchev–Trinajstić information content (AvgIpc) is 3.36. The molecule has 2 fully saturated rings. The first-order chi connectivity index (χ1) is 16.9. The molecular formula is C25H40N7O3+. The van der Waals surface area contributed by atoms with Crippen molar-refractivity contribution in [1.82, 2.24) is 10.2 Å². The van der Waals surface area contributed by atoms with E-state index in [1.807, 2.05) is 6.07 Å². The van der Waals surface area contributed by atoms with Crippen LogP contribution in [0.4, 0.5) is 0 Å². The SMILES string of the molecule is NC(N)=NCCC[C@H](NC(=O)[C@@H]1CCCN1C(=O)[C@H](N)CC1CCCCC1)C(=O)[n+]1ccccc1. The number of nitrogens with two attached hydrogens (primary N) is 3. The van der Waals surface area contributed by atoms with Crippen molar-refractivity contribution in [3.05, 3.63) is 30.6 Å². The highest BCUT2D eigenvalue weighted by Crippen LogP contribution is 2.28. The minimum atomic E-state index is -0.766. The maximum absolute atomic E-state index is 13.3. The van der Waals surface area contributed by atoms with Gasteiger partial charge < -0.3 is 27.4 Å². The molecule has 0 aromatic carbocycles. The molecule has 2 heterocycles. The zero-order valence-electron chi connectivity index (χ0n) is 20.5. The minimum absolute atomic E-state index is 0.0148. The van der Waals surface area contributed by atoms with Crippen molar-refractivity contribution < 1.29 is 19.0 Å². The second kappa shape index (κ2) is 13.2. The molecule has 1 aromatic rings. The van der Waals surface area contributed by atoms with E-state index in [1.54, 1.807) is 29.4 Å². The molecule has 1 saturated heterocycles. The van der Waals surface area contributed by atoms with Crippen LogP contribution in [0.2, 0.25) is 0 Å². The number of aromatic nitrogens is 1. The molecule has 10 nitrogen and oxygen atoms in total. The lowest BCUT2D eigenvalue weighted by molar-refractivity contribution is -0.575. The van der Waals surface area contributed by atoms with Crippen molar-refractivity contribution in [1.29, 1.82) is 0 Å². The summed E-state index contributed by atoms with van der Waals surface area (Å²) in [6.45, 7) is 0.858. The van der Waals surface area contributed by atoms with E-state index in [-0.39, 0.29) is 23.7 Å². The van der Waals surface area contributed by atoms with Crippen LogP contribution in [0.25, 0.3) is 0 Å². The Morgan fingerprint density at radius 1 is 1.03 bits per heavy atom. The highest BCUT2D eigenvalue weighted by atomic mass is 16.2. The first-order valence-corrected chi connectivity index (χ1v) is 12.8. The molecule has 2 amide bonds. The van der Waals surface area contributed by atoms with E-state index in [0.29, 0.717) is 44.7 Å². The molecule has 2 aliphatic rings. The molecule has 3 atom stereocenters. The number of hydrogen-bond donors (Lipinski definition) is 4. The number of likely N-dealkylation sites (tertiary alicyclic amines) is 1. The molecule has 1 aromatic heterocycles. The molecule has 0 spiro atoms. The van der Waals surface area contributed by atoms with E-state index in [9.17, 15) is 14.4 Å². The summed E-state index contributed by atoms with van der Waals surface area (Å²) in [6, 6.07) is 3.34. The van der Waals surface area contributed by atoms with Gasteiger partial charge in [-0.2, -0.15) is 0 Å². The summed E-state index contributed by atoms with van der Waals surface area (Å²) in [5.74, 6) is -0.279. The Labute approximate surface area is 207 Å². The third-order valence-corrected chi connectivity index (χ3v) is 7.00. The molecule has 1 saturated carbocycles. The van der Waals surface area contributed by atoms with Crippen LogP contribution in [-0.4, -0.2) is 59.8 Å². The lowest BCUT2D eigenvalue weighted by atomic mass is 9.84. The molecule has 3 rings (SSSR count). The van der Waals surface area contributed by atoms with E-state index >= 15 is 0 Å². The van der Waals surface area contributed by atoms with Crippen LogP contribution in [0.1, 0.15) is 69.0 Å². The van der Waals surface area contributed by atoms with Crippen molar-refractivity contribution in [3.8, 4) is 0 Å². The molecule has 0 unspecified atom stereocenters. The summed E-state index contributed by atoms with van der Waals surface area (Å²) in [6.07, 6.45) is 12.0. The first-order valence-electron chi connectivity index (χ1n) is 12.8. The van der Waals surface area contributed by atoms with Gasteiger partial charge in [0.2, 0.25) is 11.8 Å². The number of amides is 2. The van der Waals surface area contributed by atoms with Crippen molar-refractivity contribution in [2.24, 2.45) is 28.1 Å². The van der Waals surface area contributed by atoms with Gasteiger partial charge in [-0.3, -0.25) is 14.6 Å². The fraction of sp³-hybridized carbons (Fsp3) is 0.640.